The van der Waals surface area contributed by atoms with Crippen LogP contribution in [0.25, 0.3) is 0 Å². The first-order valence-corrected chi connectivity index (χ1v) is 5.84. The number of hydrogen-bond donors (Lipinski definition) is 1. The summed E-state index contributed by atoms with van der Waals surface area (Å²) in [7, 11) is 2.88. The van der Waals surface area contributed by atoms with E-state index in [0.717, 1.165) is 0 Å². The molecule has 104 valence electrons. The molecule has 20 heavy (non-hydrogen) atoms. The minimum absolute atomic E-state index is 0.411. The van der Waals surface area contributed by atoms with Gasteiger partial charge in [-0.25, -0.2) is 9.78 Å². The van der Waals surface area contributed by atoms with Gasteiger partial charge in [0.05, 0.1) is 26.1 Å². The highest BCUT2D eigenvalue weighted by atomic mass is 16.5. The molecule has 6 heteroatoms. The number of benzene rings is 1. The van der Waals surface area contributed by atoms with Crippen LogP contribution in [0.2, 0.25) is 0 Å². The molecule has 0 bridgehead atoms. The fraction of sp³-hybridized carbons (Fsp3) is 0.143. The van der Waals surface area contributed by atoms with Gasteiger partial charge in [0.25, 0.3) is 0 Å². The number of nitrogens with zero attached hydrogens (tertiary/aromatic N) is 1. The second kappa shape index (κ2) is 6.42. The highest BCUT2D eigenvalue weighted by Crippen LogP contribution is 2.24. The summed E-state index contributed by atoms with van der Waals surface area (Å²) in [5.41, 5.74) is 0.523. The number of methoxy groups -OCH3 is 2. The molecular formula is C14H14N2O4. The number of pyridine rings is 1. The summed E-state index contributed by atoms with van der Waals surface area (Å²) < 4.78 is 15.2. The Morgan fingerprint density at radius 1 is 1.15 bits per heavy atom. The van der Waals surface area contributed by atoms with Crippen molar-refractivity contribution >= 4 is 11.8 Å². The van der Waals surface area contributed by atoms with Gasteiger partial charge in [0, 0.05) is 12.1 Å². The maximum absolute atomic E-state index is 11.0. The summed E-state index contributed by atoms with van der Waals surface area (Å²) in [6.07, 6.45) is 0.931. The third-order valence-corrected chi connectivity index (χ3v) is 2.43. The van der Waals surface area contributed by atoms with Crippen LogP contribution < -0.4 is 14.8 Å². The zero-order valence-corrected chi connectivity index (χ0v) is 11.1. The number of nitrogens with one attached hydrogen (secondary N) is 1. The summed E-state index contributed by atoms with van der Waals surface area (Å²) in [5.74, 6) is 1.73. The first-order chi connectivity index (χ1) is 9.71. The standard InChI is InChI=1S/C14H14N2O4/c1-18-11-4-3-5-12(8-11)20-13-7-6-10(9-15-13)16-14(17)19-2/h3-9H,1-2H3,(H,16,17). The molecule has 0 radical (unpaired) electrons. The number of ether oxygens (including phenoxy) is 3. The van der Waals surface area contributed by atoms with Crippen molar-refractivity contribution in [2.75, 3.05) is 19.5 Å². The fourth-order valence-corrected chi connectivity index (χ4v) is 1.47. The molecule has 0 saturated heterocycles. The minimum Gasteiger partial charge on any atom is -0.497 e. The Labute approximate surface area is 116 Å². The molecule has 0 aliphatic carbocycles. The molecule has 1 aromatic carbocycles. The first kappa shape index (κ1) is 13.7. The van der Waals surface area contributed by atoms with Crippen LogP contribution in [0.3, 0.4) is 0 Å². The quantitative estimate of drug-likeness (QED) is 0.927. The second-order valence-electron chi connectivity index (χ2n) is 3.78. The van der Waals surface area contributed by atoms with Gasteiger partial charge in [0.1, 0.15) is 11.5 Å². The van der Waals surface area contributed by atoms with Crippen LogP contribution in [0.5, 0.6) is 17.4 Å². The first-order valence-electron chi connectivity index (χ1n) is 5.84. The van der Waals surface area contributed by atoms with E-state index in [1.54, 1.807) is 31.4 Å². The number of hydrogen-bond acceptors (Lipinski definition) is 5. The molecule has 0 aliphatic heterocycles. The van der Waals surface area contributed by atoms with Gasteiger partial charge in [-0.1, -0.05) is 6.07 Å². The van der Waals surface area contributed by atoms with Crippen LogP contribution in [0.1, 0.15) is 0 Å². The number of amides is 1. The summed E-state index contributed by atoms with van der Waals surface area (Å²) in [5, 5.41) is 2.50. The number of carbonyl (C=O) groups is 1. The van der Waals surface area contributed by atoms with Gasteiger partial charge in [-0.05, 0) is 18.2 Å². The van der Waals surface area contributed by atoms with E-state index < -0.39 is 6.09 Å². The minimum atomic E-state index is -0.548. The SMILES string of the molecule is COC(=O)Nc1ccc(Oc2cccc(OC)c2)nc1. The van der Waals surface area contributed by atoms with Crippen LogP contribution in [0.4, 0.5) is 10.5 Å². The number of carbonyl (C=O) groups excluding carboxylic acids is 1. The Balaban J connectivity index is 2.04. The van der Waals surface area contributed by atoms with Crippen molar-refractivity contribution in [3.63, 3.8) is 0 Å². The van der Waals surface area contributed by atoms with Crippen molar-refractivity contribution < 1.29 is 19.0 Å². The maximum Gasteiger partial charge on any atom is 0.411 e. The molecule has 0 atom stereocenters. The highest BCUT2D eigenvalue weighted by molar-refractivity contribution is 5.84. The number of rotatable bonds is 4. The molecule has 0 unspecified atom stereocenters. The van der Waals surface area contributed by atoms with Crippen molar-refractivity contribution in [2.24, 2.45) is 0 Å². The van der Waals surface area contributed by atoms with Crippen LogP contribution in [-0.2, 0) is 4.74 Å². The lowest BCUT2D eigenvalue weighted by Gasteiger charge is -2.07. The summed E-state index contributed by atoms with van der Waals surface area (Å²) in [6.45, 7) is 0. The van der Waals surface area contributed by atoms with Gasteiger partial charge < -0.3 is 14.2 Å². The van der Waals surface area contributed by atoms with Gasteiger partial charge in [0.2, 0.25) is 5.88 Å². The molecule has 2 aromatic rings. The van der Waals surface area contributed by atoms with Crippen molar-refractivity contribution in [2.45, 2.75) is 0 Å². The lowest BCUT2D eigenvalue weighted by Crippen LogP contribution is -2.10. The molecule has 2 rings (SSSR count). The molecule has 1 amide bonds. The van der Waals surface area contributed by atoms with Crippen LogP contribution in [0.15, 0.2) is 42.6 Å². The Kier molecular flexibility index (Phi) is 4.39. The van der Waals surface area contributed by atoms with Crippen LogP contribution >= 0.6 is 0 Å². The lowest BCUT2D eigenvalue weighted by molar-refractivity contribution is 0.187. The molecule has 0 fully saturated rings. The third-order valence-electron chi connectivity index (χ3n) is 2.43. The molecule has 6 nitrogen and oxygen atoms in total. The van der Waals surface area contributed by atoms with E-state index >= 15 is 0 Å². The molecule has 1 aromatic heterocycles. The Morgan fingerprint density at radius 3 is 2.60 bits per heavy atom. The fourth-order valence-electron chi connectivity index (χ4n) is 1.47. The van der Waals surface area contributed by atoms with Crippen molar-refractivity contribution in [3.8, 4) is 17.4 Å². The second-order valence-corrected chi connectivity index (χ2v) is 3.78. The predicted molar refractivity (Wildman–Crippen MR) is 73.3 cm³/mol. The van der Waals surface area contributed by atoms with Crippen molar-refractivity contribution in [3.05, 3.63) is 42.6 Å². The molecular weight excluding hydrogens is 260 g/mol. The normalized spacial score (nSPS) is 9.70. The van der Waals surface area contributed by atoms with Crippen molar-refractivity contribution in [1.29, 1.82) is 0 Å². The van der Waals surface area contributed by atoms with E-state index in [1.165, 1.54) is 13.3 Å². The summed E-state index contributed by atoms with van der Waals surface area (Å²) in [6, 6.07) is 10.5. The Hall–Kier alpha value is -2.76. The van der Waals surface area contributed by atoms with E-state index in [0.29, 0.717) is 23.1 Å². The van der Waals surface area contributed by atoms with E-state index in [4.69, 9.17) is 9.47 Å². The monoisotopic (exact) mass is 274 g/mol. The van der Waals surface area contributed by atoms with Gasteiger partial charge in [-0.3, -0.25) is 5.32 Å². The smallest absolute Gasteiger partial charge is 0.411 e. The van der Waals surface area contributed by atoms with E-state index in [9.17, 15) is 4.79 Å². The summed E-state index contributed by atoms with van der Waals surface area (Å²) >= 11 is 0. The number of anilines is 1. The molecule has 0 saturated carbocycles. The van der Waals surface area contributed by atoms with Gasteiger partial charge in [-0.15, -0.1) is 0 Å². The Bertz CT molecular complexity index is 584. The average Bonchev–Trinajstić information content (AvgIpc) is 2.49. The Morgan fingerprint density at radius 2 is 1.95 bits per heavy atom. The number of aromatic nitrogens is 1. The predicted octanol–water partition coefficient (Wildman–Crippen LogP) is 3.06. The summed E-state index contributed by atoms with van der Waals surface area (Å²) in [4.78, 5) is 15.1. The topological polar surface area (TPSA) is 69.7 Å². The van der Waals surface area contributed by atoms with Crippen LogP contribution in [0, 0.1) is 0 Å². The zero-order valence-electron chi connectivity index (χ0n) is 11.1. The van der Waals surface area contributed by atoms with Gasteiger partial charge in [0.15, 0.2) is 0 Å². The largest absolute Gasteiger partial charge is 0.497 e. The molecule has 1 N–H and O–H groups in total. The van der Waals surface area contributed by atoms with Crippen LogP contribution in [-0.4, -0.2) is 25.3 Å². The average molecular weight is 274 g/mol. The molecule has 0 spiro atoms. The zero-order chi connectivity index (χ0) is 14.4. The van der Waals surface area contributed by atoms with Gasteiger partial charge >= 0.3 is 6.09 Å². The molecule has 1 heterocycles. The molecule has 0 aliphatic rings. The lowest BCUT2D eigenvalue weighted by atomic mass is 10.3. The van der Waals surface area contributed by atoms with E-state index in [1.807, 2.05) is 12.1 Å². The maximum atomic E-state index is 11.0. The highest BCUT2D eigenvalue weighted by Gasteiger charge is 2.03. The third kappa shape index (κ3) is 3.61. The van der Waals surface area contributed by atoms with E-state index in [2.05, 4.69) is 15.0 Å². The van der Waals surface area contributed by atoms with Crippen molar-refractivity contribution in [1.82, 2.24) is 4.98 Å². The van der Waals surface area contributed by atoms with Gasteiger partial charge in [-0.2, -0.15) is 0 Å². The van der Waals surface area contributed by atoms with E-state index in [-0.39, 0.29) is 0 Å².